The number of carbonyl (C=O) groups is 1. The Morgan fingerprint density at radius 3 is 2.59 bits per heavy atom. The Morgan fingerprint density at radius 2 is 2.00 bits per heavy atom. The predicted molar refractivity (Wildman–Crippen MR) is 148 cm³/mol. The summed E-state index contributed by atoms with van der Waals surface area (Å²) in [6.07, 6.45) is 1.53. The monoisotopic (exact) mass is 633 g/mol. The highest BCUT2D eigenvalue weighted by Crippen LogP contribution is 2.33. The molecule has 0 saturated heterocycles. The molecule has 0 saturated carbocycles. The molecule has 0 fully saturated rings. The number of hydrogen-bond acceptors (Lipinski definition) is 8. The number of nitro benzene ring substituents is 1. The van der Waals surface area contributed by atoms with E-state index in [2.05, 4.69) is 18.8 Å². The summed E-state index contributed by atoms with van der Waals surface area (Å²) in [7, 11) is 0. The van der Waals surface area contributed by atoms with E-state index in [9.17, 15) is 24.8 Å². The van der Waals surface area contributed by atoms with E-state index in [-0.39, 0.29) is 25.8 Å². The topological polar surface area (TPSA) is 124 Å². The van der Waals surface area contributed by atoms with Crippen molar-refractivity contribution in [3.63, 3.8) is 0 Å². The molecule has 37 heavy (non-hydrogen) atoms. The fourth-order valence-electron chi connectivity index (χ4n) is 4.15. The van der Waals surface area contributed by atoms with Crippen LogP contribution in [0, 0.1) is 13.7 Å². The Labute approximate surface area is 229 Å². The minimum atomic E-state index is -0.743. The molecule has 0 amide bonds. The summed E-state index contributed by atoms with van der Waals surface area (Å²) in [6.45, 7) is 7.78. The van der Waals surface area contributed by atoms with Gasteiger partial charge in [0, 0.05) is 6.07 Å². The van der Waals surface area contributed by atoms with E-state index in [0.29, 0.717) is 22.0 Å². The lowest BCUT2D eigenvalue weighted by Gasteiger charge is -2.25. The summed E-state index contributed by atoms with van der Waals surface area (Å²) in [4.78, 5) is 42.3. The SMILES string of the molecule is CCOC(=O)C1=C(C)N=c2s/c(=C\c3cc(I)c(O)c([N+](=O)[O-])c3)c(=O)n2[C@@H]1c1ccc(C(C)C)cc1. The highest BCUT2D eigenvalue weighted by atomic mass is 127. The second-order valence-corrected chi connectivity index (χ2v) is 10.9. The fraction of sp³-hybridized carbons (Fsp3) is 0.269. The maximum absolute atomic E-state index is 13.7. The number of allylic oxidation sites excluding steroid dienone is 1. The Balaban J connectivity index is 1.95. The first-order valence-electron chi connectivity index (χ1n) is 11.5. The standard InChI is InChI=1S/C26H24IN3O6S/c1-5-36-25(33)21-14(4)28-26-29(22(21)17-8-6-16(7-9-17)13(2)3)24(32)20(37-26)12-15-10-18(27)23(31)19(11-15)30(34)35/h6-13,22,31H,5H2,1-4H3/b20-12-/t22-/m1/s1. The van der Waals surface area contributed by atoms with Crippen molar-refractivity contribution in [2.45, 2.75) is 39.7 Å². The second kappa shape index (κ2) is 10.6. The van der Waals surface area contributed by atoms with Crippen LogP contribution in [-0.2, 0) is 9.53 Å². The van der Waals surface area contributed by atoms with Crippen LogP contribution >= 0.6 is 33.9 Å². The molecule has 1 aliphatic rings. The molecule has 192 valence electrons. The summed E-state index contributed by atoms with van der Waals surface area (Å²) in [6, 6.07) is 9.79. The summed E-state index contributed by atoms with van der Waals surface area (Å²) in [5.74, 6) is -0.654. The Kier molecular flexibility index (Phi) is 7.64. The first-order chi connectivity index (χ1) is 17.5. The fourth-order valence-corrected chi connectivity index (χ4v) is 5.83. The van der Waals surface area contributed by atoms with Crippen LogP contribution in [0.15, 0.2) is 57.5 Å². The van der Waals surface area contributed by atoms with Crippen molar-refractivity contribution < 1.29 is 19.6 Å². The lowest BCUT2D eigenvalue weighted by Crippen LogP contribution is -2.39. The lowest BCUT2D eigenvalue weighted by molar-refractivity contribution is -0.386. The first kappa shape index (κ1) is 26.7. The van der Waals surface area contributed by atoms with Gasteiger partial charge in [-0.2, -0.15) is 0 Å². The summed E-state index contributed by atoms with van der Waals surface area (Å²) < 4.78 is 7.36. The summed E-state index contributed by atoms with van der Waals surface area (Å²) in [5, 5.41) is 21.4. The summed E-state index contributed by atoms with van der Waals surface area (Å²) in [5.41, 5.74) is 2.16. The van der Waals surface area contributed by atoms with Gasteiger partial charge in [-0.3, -0.25) is 19.5 Å². The van der Waals surface area contributed by atoms with Crippen LogP contribution in [0.5, 0.6) is 5.75 Å². The number of carbonyl (C=O) groups excluding carboxylic acids is 1. The van der Waals surface area contributed by atoms with Crippen LogP contribution < -0.4 is 14.9 Å². The maximum atomic E-state index is 13.7. The lowest BCUT2D eigenvalue weighted by atomic mass is 9.93. The van der Waals surface area contributed by atoms with Crippen LogP contribution in [-0.4, -0.2) is 27.2 Å². The molecule has 11 heteroatoms. The number of aromatic nitrogens is 1. The van der Waals surface area contributed by atoms with Gasteiger partial charge in [-0.15, -0.1) is 0 Å². The molecule has 1 aliphatic heterocycles. The number of aromatic hydroxyl groups is 1. The molecule has 1 N–H and O–H groups in total. The van der Waals surface area contributed by atoms with E-state index in [4.69, 9.17) is 4.74 Å². The number of nitrogens with zero attached hydrogens (tertiary/aromatic N) is 3. The van der Waals surface area contributed by atoms with Crippen molar-refractivity contribution in [2.24, 2.45) is 4.99 Å². The minimum Gasteiger partial charge on any atom is -0.501 e. The number of nitro groups is 1. The van der Waals surface area contributed by atoms with Gasteiger partial charge in [-0.05, 0) is 71.2 Å². The van der Waals surface area contributed by atoms with E-state index in [0.717, 1.165) is 22.5 Å². The van der Waals surface area contributed by atoms with Gasteiger partial charge in [0.2, 0.25) is 5.75 Å². The molecule has 0 bridgehead atoms. The van der Waals surface area contributed by atoms with E-state index in [1.165, 1.54) is 16.7 Å². The van der Waals surface area contributed by atoms with Crippen molar-refractivity contribution in [3.05, 3.63) is 97.7 Å². The molecule has 0 aliphatic carbocycles. The van der Waals surface area contributed by atoms with Gasteiger partial charge in [0.25, 0.3) is 5.56 Å². The van der Waals surface area contributed by atoms with Gasteiger partial charge in [-0.25, -0.2) is 9.79 Å². The number of phenols is 1. The largest absolute Gasteiger partial charge is 0.501 e. The molecule has 0 radical (unpaired) electrons. The second-order valence-electron chi connectivity index (χ2n) is 8.75. The zero-order chi connectivity index (χ0) is 27.0. The van der Waals surface area contributed by atoms with Gasteiger partial charge < -0.3 is 9.84 Å². The Morgan fingerprint density at radius 1 is 1.32 bits per heavy atom. The van der Waals surface area contributed by atoms with E-state index < -0.39 is 28.4 Å². The zero-order valence-electron chi connectivity index (χ0n) is 20.5. The molecule has 0 unspecified atom stereocenters. The van der Waals surface area contributed by atoms with Crippen molar-refractivity contribution >= 4 is 51.7 Å². The van der Waals surface area contributed by atoms with E-state index in [1.807, 2.05) is 24.3 Å². The first-order valence-corrected chi connectivity index (χ1v) is 13.4. The van der Waals surface area contributed by atoms with Gasteiger partial charge in [0.1, 0.15) is 0 Å². The van der Waals surface area contributed by atoms with E-state index >= 15 is 0 Å². The quantitative estimate of drug-likeness (QED) is 0.189. The molecule has 9 nitrogen and oxygen atoms in total. The number of fused-ring (bicyclic) bond motifs is 1. The number of hydrogen-bond donors (Lipinski definition) is 1. The molecule has 3 aromatic rings. The molecule has 1 atom stereocenters. The third-order valence-corrected chi connectivity index (χ3v) is 7.80. The van der Waals surface area contributed by atoms with Crippen molar-refractivity contribution in [1.29, 1.82) is 0 Å². The number of halogens is 1. The number of benzene rings is 2. The highest BCUT2D eigenvalue weighted by molar-refractivity contribution is 14.1. The normalized spacial score (nSPS) is 15.5. The average molecular weight is 633 g/mol. The van der Waals surface area contributed by atoms with Gasteiger partial charge in [0.05, 0.1) is 36.9 Å². The van der Waals surface area contributed by atoms with Crippen LogP contribution in [0.4, 0.5) is 5.69 Å². The number of rotatable bonds is 6. The van der Waals surface area contributed by atoms with Crippen molar-refractivity contribution in [2.75, 3.05) is 6.61 Å². The van der Waals surface area contributed by atoms with Crippen LogP contribution in [0.2, 0.25) is 0 Å². The molecule has 1 aromatic heterocycles. The van der Waals surface area contributed by atoms with Gasteiger partial charge in [-0.1, -0.05) is 49.4 Å². The Bertz CT molecular complexity index is 1620. The Hall–Kier alpha value is -3.32. The predicted octanol–water partition coefficient (Wildman–Crippen LogP) is 4.14. The van der Waals surface area contributed by atoms with Crippen molar-refractivity contribution in [3.8, 4) is 5.75 Å². The molecule has 2 aromatic carbocycles. The van der Waals surface area contributed by atoms with Gasteiger partial charge >= 0.3 is 11.7 Å². The van der Waals surface area contributed by atoms with Crippen LogP contribution in [0.1, 0.15) is 56.3 Å². The van der Waals surface area contributed by atoms with E-state index in [1.54, 1.807) is 42.5 Å². The number of ether oxygens (including phenoxy) is 1. The number of thiazole rings is 1. The maximum Gasteiger partial charge on any atom is 0.338 e. The van der Waals surface area contributed by atoms with Crippen molar-refractivity contribution in [1.82, 2.24) is 4.57 Å². The summed E-state index contributed by atoms with van der Waals surface area (Å²) >= 11 is 2.93. The third-order valence-electron chi connectivity index (χ3n) is 6.00. The number of phenolic OH excluding ortho intramolecular Hbond substituents is 1. The van der Waals surface area contributed by atoms with Gasteiger partial charge in [0.15, 0.2) is 4.80 Å². The molecular weight excluding hydrogens is 609 g/mol. The molecule has 0 spiro atoms. The smallest absolute Gasteiger partial charge is 0.338 e. The minimum absolute atomic E-state index is 0.178. The van der Waals surface area contributed by atoms with Crippen LogP contribution in [0.25, 0.3) is 6.08 Å². The molecule has 2 heterocycles. The van der Waals surface area contributed by atoms with Crippen LogP contribution in [0.3, 0.4) is 0 Å². The molecular formula is C26H24IN3O6S. The molecule has 4 rings (SSSR count). The third kappa shape index (κ3) is 5.10. The average Bonchev–Trinajstić information content (AvgIpc) is 3.14. The zero-order valence-corrected chi connectivity index (χ0v) is 23.5. The number of esters is 1. The highest BCUT2D eigenvalue weighted by Gasteiger charge is 2.33.